The van der Waals surface area contributed by atoms with Crippen molar-refractivity contribution in [3.05, 3.63) is 0 Å². The van der Waals surface area contributed by atoms with E-state index in [1.165, 1.54) is 37.2 Å². The first kappa shape index (κ1) is 15.3. The van der Waals surface area contributed by atoms with Crippen LogP contribution < -0.4 is 0 Å². The van der Waals surface area contributed by atoms with Crippen LogP contribution >= 0.6 is 23.5 Å². The Bertz CT molecular complexity index is 283. The highest BCUT2D eigenvalue weighted by Crippen LogP contribution is 2.53. The van der Waals surface area contributed by atoms with Crippen LogP contribution in [0.4, 0.5) is 0 Å². The van der Waals surface area contributed by atoms with Crippen LogP contribution in [0.5, 0.6) is 0 Å². The van der Waals surface area contributed by atoms with Gasteiger partial charge >= 0.3 is 0 Å². The molecule has 0 atom stereocenters. The van der Waals surface area contributed by atoms with Gasteiger partial charge in [0, 0.05) is 17.6 Å². The molecule has 0 radical (unpaired) electrons. The molecule has 106 valence electrons. The largest absolute Gasteiger partial charge is 0.414 e. The van der Waals surface area contributed by atoms with Crippen LogP contribution in [0.25, 0.3) is 0 Å². The Kier molecular flexibility index (Phi) is 4.53. The summed E-state index contributed by atoms with van der Waals surface area (Å²) in [5.74, 6) is 2.72. The van der Waals surface area contributed by atoms with E-state index in [-0.39, 0.29) is 0 Å². The van der Waals surface area contributed by atoms with Gasteiger partial charge in [-0.1, -0.05) is 20.8 Å². The highest BCUT2D eigenvalue weighted by molar-refractivity contribution is 8.21. The van der Waals surface area contributed by atoms with Gasteiger partial charge in [-0.05, 0) is 43.8 Å². The molecule has 0 aromatic rings. The van der Waals surface area contributed by atoms with Crippen LogP contribution in [0.3, 0.4) is 0 Å². The molecule has 0 aromatic heterocycles. The summed E-state index contributed by atoms with van der Waals surface area (Å²) in [5, 5.41) is 0.346. The van der Waals surface area contributed by atoms with Gasteiger partial charge in [0.25, 0.3) is 0 Å². The maximum Gasteiger partial charge on any atom is 0.192 e. The Morgan fingerprint density at radius 1 is 1.06 bits per heavy atom. The van der Waals surface area contributed by atoms with Crippen molar-refractivity contribution in [2.75, 3.05) is 11.5 Å². The summed E-state index contributed by atoms with van der Waals surface area (Å²) in [7, 11) is -1.56. The molecule has 1 heterocycles. The molecule has 1 spiro atoms. The molecule has 0 bridgehead atoms. The third-order valence-corrected chi connectivity index (χ3v) is 13.0. The SMILES string of the molecule is CC(C)(C)[Si](C)(C)OC1CCC2(CC1)SCCS2. The fourth-order valence-corrected chi connectivity index (χ4v) is 7.24. The van der Waals surface area contributed by atoms with Crippen molar-refractivity contribution in [2.24, 2.45) is 0 Å². The molecule has 1 saturated carbocycles. The van der Waals surface area contributed by atoms with E-state index in [1.54, 1.807) is 0 Å². The Labute approximate surface area is 122 Å². The zero-order valence-electron chi connectivity index (χ0n) is 12.5. The summed E-state index contributed by atoms with van der Waals surface area (Å²) in [5.41, 5.74) is 0. The van der Waals surface area contributed by atoms with Crippen molar-refractivity contribution in [1.82, 2.24) is 0 Å². The quantitative estimate of drug-likeness (QED) is 0.655. The van der Waals surface area contributed by atoms with Crippen LogP contribution in [-0.4, -0.2) is 30.0 Å². The van der Waals surface area contributed by atoms with Crippen molar-refractivity contribution in [3.8, 4) is 0 Å². The third kappa shape index (κ3) is 3.31. The first-order chi connectivity index (χ1) is 8.24. The predicted octanol–water partition coefficient (Wildman–Crippen LogP) is 5.13. The van der Waals surface area contributed by atoms with Crippen molar-refractivity contribution in [3.63, 3.8) is 0 Å². The van der Waals surface area contributed by atoms with E-state index in [0.717, 1.165) is 0 Å². The Hall–Kier alpha value is 0.877. The number of rotatable bonds is 2. The fraction of sp³-hybridized carbons (Fsp3) is 1.00. The second-order valence-electron chi connectivity index (χ2n) is 7.19. The maximum atomic E-state index is 6.57. The van der Waals surface area contributed by atoms with E-state index in [2.05, 4.69) is 57.4 Å². The van der Waals surface area contributed by atoms with Crippen molar-refractivity contribution < 1.29 is 4.43 Å². The Morgan fingerprint density at radius 3 is 2.00 bits per heavy atom. The van der Waals surface area contributed by atoms with E-state index in [0.29, 0.717) is 15.2 Å². The van der Waals surface area contributed by atoms with Gasteiger partial charge in [0.1, 0.15) is 0 Å². The zero-order valence-corrected chi connectivity index (χ0v) is 15.2. The van der Waals surface area contributed by atoms with Gasteiger partial charge in [0.2, 0.25) is 0 Å². The summed E-state index contributed by atoms with van der Waals surface area (Å²) in [6.07, 6.45) is 5.83. The average Bonchev–Trinajstić information content (AvgIpc) is 2.69. The van der Waals surface area contributed by atoms with Gasteiger partial charge in [-0.3, -0.25) is 0 Å². The minimum atomic E-state index is -1.56. The van der Waals surface area contributed by atoms with Crippen molar-refractivity contribution in [2.45, 2.75) is 74.8 Å². The van der Waals surface area contributed by atoms with E-state index < -0.39 is 8.32 Å². The van der Waals surface area contributed by atoms with Crippen molar-refractivity contribution in [1.29, 1.82) is 0 Å². The van der Waals surface area contributed by atoms with E-state index in [1.807, 2.05) is 0 Å². The average molecular weight is 305 g/mol. The molecule has 4 heteroatoms. The highest BCUT2D eigenvalue weighted by atomic mass is 32.2. The summed E-state index contributed by atoms with van der Waals surface area (Å²) < 4.78 is 7.14. The molecule has 0 amide bonds. The maximum absolute atomic E-state index is 6.57. The normalized spacial score (nSPS) is 25.8. The molecular weight excluding hydrogens is 276 g/mol. The Morgan fingerprint density at radius 2 is 1.56 bits per heavy atom. The standard InChI is InChI=1S/C14H28OS2Si/c1-13(2,3)18(4,5)15-12-6-8-14(9-7-12)16-10-11-17-14/h12H,6-11H2,1-5H3. The molecule has 1 aliphatic carbocycles. The molecule has 1 aliphatic heterocycles. The molecule has 18 heavy (non-hydrogen) atoms. The lowest BCUT2D eigenvalue weighted by molar-refractivity contribution is 0.136. The molecule has 2 fully saturated rings. The van der Waals surface area contributed by atoms with E-state index in [9.17, 15) is 0 Å². The number of hydrogen-bond donors (Lipinski definition) is 0. The number of hydrogen-bond acceptors (Lipinski definition) is 3. The smallest absolute Gasteiger partial charge is 0.192 e. The van der Waals surface area contributed by atoms with Gasteiger partial charge in [-0.15, -0.1) is 23.5 Å². The minimum Gasteiger partial charge on any atom is -0.414 e. The van der Waals surface area contributed by atoms with Gasteiger partial charge in [-0.2, -0.15) is 0 Å². The predicted molar refractivity (Wildman–Crippen MR) is 88.2 cm³/mol. The molecule has 0 N–H and O–H groups in total. The van der Waals surface area contributed by atoms with Crippen LogP contribution in [0.1, 0.15) is 46.5 Å². The van der Waals surface area contributed by atoms with Gasteiger partial charge in [0.15, 0.2) is 8.32 Å². The second-order valence-corrected chi connectivity index (χ2v) is 15.2. The van der Waals surface area contributed by atoms with Crippen LogP contribution in [0, 0.1) is 0 Å². The third-order valence-electron chi connectivity index (χ3n) is 4.78. The van der Waals surface area contributed by atoms with Gasteiger partial charge in [0.05, 0.1) is 4.08 Å². The molecule has 0 aromatic carbocycles. The molecule has 1 saturated heterocycles. The van der Waals surface area contributed by atoms with E-state index in [4.69, 9.17) is 4.43 Å². The van der Waals surface area contributed by atoms with E-state index >= 15 is 0 Å². The van der Waals surface area contributed by atoms with Crippen LogP contribution in [0.2, 0.25) is 18.1 Å². The highest BCUT2D eigenvalue weighted by Gasteiger charge is 2.43. The molecular formula is C14H28OS2Si. The number of thioether (sulfide) groups is 2. The van der Waals surface area contributed by atoms with Crippen LogP contribution in [0.15, 0.2) is 0 Å². The molecule has 2 aliphatic rings. The van der Waals surface area contributed by atoms with Gasteiger partial charge in [-0.25, -0.2) is 0 Å². The summed E-state index contributed by atoms with van der Waals surface area (Å²) in [6.45, 7) is 11.8. The lowest BCUT2D eigenvalue weighted by Crippen LogP contribution is -2.45. The lowest BCUT2D eigenvalue weighted by Gasteiger charge is -2.43. The zero-order chi connectivity index (χ0) is 13.4. The first-order valence-corrected chi connectivity index (χ1v) is 12.1. The van der Waals surface area contributed by atoms with Crippen LogP contribution in [-0.2, 0) is 4.43 Å². The first-order valence-electron chi connectivity index (χ1n) is 7.20. The molecule has 1 nitrogen and oxygen atoms in total. The molecule has 0 unspecified atom stereocenters. The topological polar surface area (TPSA) is 9.23 Å². The monoisotopic (exact) mass is 304 g/mol. The summed E-state index contributed by atoms with van der Waals surface area (Å²) in [4.78, 5) is 0. The summed E-state index contributed by atoms with van der Waals surface area (Å²) in [6, 6.07) is 0. The van der Waals surface area contributed by atoms with Crippen molar-refractivity contribution >= 4 is 31.8 Å². The fourth-order valence-electron chi connectivity index (χ4n) is 2.53. The second kappa shape index (κ2) is 5.34. The lowest BCUT2D eigenvalue weighted by atomic mass is 9.97. The Balaban J connectivity index is 1.87. The molecule has 2 rings (SSSR count). The van der Waals surface area contributed by atoms with Gasteiger partial charge < -0.3 is 4.43 Å². The summed E-state index contributed by atoms with van der Waals surface area (Å²) >= 11 is 4.42. The minimum absolute atomic E-state index is 0.346.